The van der Waals surface area contributed by atoms with E-state index in [4.69, 9.17) is 13.6 Å². The molecule has 5 aliphatic heterocycles. The number of hydrogen-bond acceptors (Lipinski definition) is 12. The number of aliphatic hydroxyl groups is 1. The first-order chi connectivity index (χ1) is 35.6. The quantitative estimate of drug-likeness (QED) is 0.123. The zero-order valence-corrected chi connectivity index (χ0v) is 48.4. The van der Waals surface area contributed by atoms with Gasteiger partial charge in [-0.15, -0.1) is 0 Å². The number of quaternary nitrogens is 2. The molecule has 0 saturated carbocycles. The van der Waals surface area contributed by atoms with E-state index in [1.165, 1.54) is 114 Å². The van der Waals surface area contributed by atoms with Crippen LogP contribution in [0, 0.1) is 0 Å². The Bertz CT molecular complexity index is 2600. The van der Waals surface area contributed by atoms with E-state index in [0.717, 1.165) is 28.0 Å². The lowest BCUT2D eigenvalue weighted by Gasteiger charge is -2.51. The van der Waals surface area contributed by atoms with Crippen LogP contribution in [0.1, 0.15) is 122 Å². The summed E-state index contributed by atoms with van der Waals surface area (Å²) in [6.07, 6.45) is 9.59. The van der Waals surface area contributed by atoms with E-state index in [2.05, 4.69) is 20.3 Å². The number of amidine groups is 2. The Morgan fingerprint density at radius 3 is 1.72 bits per heavy atom. The lowest BCUT2D eigenvalue weighted by atomic mass is 10.1. The Labute approximate surface area is 446 Å². The summed E-state index contributed by atoms with van der Waals surface area (Å²) in [6.45, 7) is 22.6. The lowest BCUT2D eigenvalue weighted by Crippen LogP contribution is -3.15. The summed E-state index contributed by atoms with van der Waals surface area (Å²) in [4.78, 5) is 69.9. The Morgan fingerprint density at radius 1 is 0.760 bits per heavy atom. The van der Waals surface area contributed by atoms with Crippen LogP contribution < -0.4 is 41.0 Å². The molecule has 1 amide bonds. The second-order valence-electron chi connectivity index (χ2n) is 23.1. The van der Waals surface area contributed by atoms with E-state index < -0.39 is 76.3 Å². The van der Waals surface area contributed by atoms with E-state index in [9.17, 15) is 29.0 Å². The third kappa shape index (κ3) is 13.7. The van der Waals surface area contributed by atoms with Crippen LogP contribution in [0.2, 0.25) is 23.2 Å². The van der Waals surface area contributed by atoms with Crippen LogP contribution in [0.15, 0.2) is 118 Å². The van der Waals surface area contributed by atoms with Gasteiger partial charge in [0.15, 0.2) is 26.2 Å². The van der Waals surface area contributed by atoms with Crippen molar-refractivity contribution in [1.29, 1.82) is 0 Å². The van der Waals surface area contributed by atoms with Crippen molar-refractivity contribution in [3.8, 4) is 0 Å². The van der Waals surface area contributed by atoms with Crippen LogP contribution in [-0.2, 0) is 18.2 Å². The normalized spacial score (nSPS) is 24.5. The third-order valence-corrected chi connectivity index (χ3v) is 26.7. The standard InChI is InChI=1S/C38H50N3O9PSi2.2C9H16N2/c1-36(2,3)52(7,8)50-32-34(41-25-24-31(40-35(41)43)39-33(42)27-18-12-9-13-19-27)49-30(38(32,44)51(45,46)47)26-48-53(37(4,5)6,28-20-14-10-15-21-28)29-22-16-11-17-23-29;2*1-2-5-9-10-6-4-8-11(9)7-3-1/h9-25,30,32,34,44H,26H2,1-8H3,(H2,45,46,47)(H,39,40,42,43);2*1-8H2/t30-,32+,34-,38+;;/m1../s1. The van der Waals surface area contributed by atoms with E-state index >= 15 is 0 Å². The number of ether oxygens (including phenoxy) is 1. The number of nitrogens with zero attached hydrogens (tertiary/aromatic N) is 4. The van der Waals surface area contributed by atoms with Crippen LogP contribution >= 0.6 is 7.60 Å². The number of carbonyl (C=O) groups is 1. The van der Waals surface area contributed by atoms with E-state index in [1.54, 1.807) is 40.1 Å². The van der Waals surface area contributed by atoms with E-state index in [-0.39, 0.29) is 5.82 Å². The maximum Gasteiger partial charge on any atom is 0.351 e. The van der Waals surface area contributed by atoms with Gasteiger partial charge in [-0.25, -0.2) is 14.8 Å². The molecule has 408 valence electrons. The van der Waals surface area contributed by atoms with Gasteiger partial charge in [0.1, 0.15) is 23.4 Å². The number of anilines is 1. The van der Waals surface area contributed by atoms with Crippen molar-refractivity contribution in [2.45, 2.75) is 153 Å². The van der Waals surface area contributed by atoms with Gasteiger partial charge in [-0.2, -0.15) is 4.98 Å². The number of fused-ring (bicyclic) bond motifs is 2. The summed E-state index contributed by atoms with van der Waals surface area (Å²) in [7, 11) is -12.3. The highest BCUT2D eigenvalue weighted by Gasteiger charge is 2.63. The topological polar surface area (TPSA) is 209 Å². The van der Waals surface area contributed by atoms with Gasteiger partial charge in [-0.3, -0.25) is 19.2 Å². The Balaban J connectivity index is 0.000000300. The molecule has 19 heteroatoms. The van der Waals surface area contributed by atoms with Gasteiger partial charge in [-0.1, -0.05) is 120 Å². The lowest BCUT2D eigenvalue weighted by molar-refractivity contribution is -0.809. The predicted molar refractivity (Wildman–Crippen MR) is 297 cm³/mol. The largest absolute Gasteiger partial charge is 0.809 e. The SMILES string of the molecule is C1CCC2=NCCC[NH+]2CC1.C1CCC2=NCCC[NH+]2CC1.CC(C)(C)[Si](C)(C)O[C@H]1[C@H](n2ccc(NC(=O)c3ccccc3)nc2=O)O[C@H](CO[Si](c2ccccc2)(c2ccccc2)C(C)(C)C)[C@]1(O)P(=O)([O-])[O-]. The highest BCUT2D eigenvalue weighted by Crippen LogP contribution is 2.57. The predicted octanol–water partition coefficient (Wildman–Crippen LogP) is 4.46. The molecular formula is C56H82N7O9PSi2. The Hall–Kier alpha value is -4.31. The van der Waals surface area contributed by atoms with Crippen molar-refractivity contribution in [3.05, 3.63) is 119 Å². The molecule has 2 unspecified atom stereocenters. The molecule has 3 aromatic carbocycles. The summed E-state index contributed by atoms with van der Waals surface area (Å²) in [5.74, 6) is 2.39. The van der Waals surface area contributed by atoms with Crippen molar-refractivity contribution in [2.75, 3.05) is 51.2 Å². The minimum atomic E-state index is -6.01. The fourth-order valence-corrected chi connectivity index (χ4v) is 17.6. The van der Waals surface area contributed by atoms with Crippen LogP contribution in [0.4, 0.5) is 5.82 Å². The minimum Gasteiger partial charge on any atom is -0.809 e. The van der Waals surface area contributed by atoms with Gasteiger partial charge >= 0.3 is 5.69 Å². The maximum atomic E-state index is 13.7. The van der Waals surface area contributed by atoms with Gasteiger partial charge < -0.3 is 38.4 Å². The summed E-state index contributed by atoms with van der Waals surface area (Å²) >= 11 is 0. The van der Waals surface area contributed by atoms with Gasteiger partial charge in [-0.05, 0) is 97.9 Å². The molecule has 5 aliphatic rings. The van der Waals surface area contributed by atoms with Crippen LogP contribution in [0.25, 0.3) is 0 Å². The highest BCUT2D eigenvalue weighted by molar-refractivity contribution is 7.50. The molecule has 4 aromatic rings. The van der Waals surface area contributed by atoms with Crippen molar-refractivity contribution in [3.63, 3.8) is 0 Å². The van der Waals surface area contributed by atoms with Crippen LogP contribution in [0.5, 0.6) is 0 Å². The molecule has 9 rings (SSSR count). The first-order valence-corrected chi connectivity index (χ1v) is 33.5. The van der Waals surface area contributed by atoms with Gasteiger partial charge in [0.05, 0.1) is 32.8 Å². The average Bonchev–Trinajstić information content (AvgIpc) is 3.61. The fraction of sp³-hybridized carbons (Fsp3) is 0.554. The fourth-order valence-electron chi connectivity index (χ4n) is 10.7. The molecule has 4 N–H and O–H groups in total. The molecule has 0 spiro atoms. The molecule has 1 aromatic heterocycles. The minimum absolute atomic E-state index is 0.0693. The van der Waals surface area contributed by atoms with Gasteiger partial charge in [0.25, 0.3) is 14.2 Å². The zero-order valence-electron chi connectivity index (χ0n) is 45.5. The molecular weight excluding hydrogens is 1000 g/mol. The molecule has 0 radical (unpaired) electrons. The molecule has 0 aliphatic carbocycles. The second-order valence-corrected chi connectivity index (χ2v) is 33.9. The molecule has 0 bridgehead atoms. The summed E-state index contributed by atoms with van der Waals surface area (Å²) in [5, 5.41) is 12.5. The molecule has 3 saturated heterocycles. The highest BCUT2D eigenvalue weighted by atomic mass is 31.2. The third-order valence-electron chi connectivity index (χ3n) is 15.9. The number of benzene rings is 3. The Morgan fingerprint density at radius 2 is 1.25 bits per heavy atom. The smallest absolute Gasteiger partial charge is 0.351 e. The molecule has 3 fully saturated rings. The van der Waals surface area contributed by atoms with Crippen LogP contribution in [0.3, 0.4) is 0 Å². The first-order valence-electron chi connectivity index (χ1n) is 27.1. The maximum absolute atomic E-state index is 13.7. The van der Waals surface area contributed by atoms with Gasteiger partial charge in [0.2, 0.25) is 0 Å². The van der Waals surface area contributed by atoms with E-state index in [1.807, 2.05) is 115 Å². The molecule has 16 nitrogen and oxygen atoms in total. The number of amides is 1. The first kappa shape index (κ1) is 58.4. The number of nitrogens with one attached hydrogen (secondary N) is 3. The second kappa shape index (κ2) is 25.0. The number of hydrogen-bond donors (Lipinski definition) is 4. The molecule has 6 atom stereocenters. The summed E-state index contributed by atoms with van der Waals surface area (Å²) < 4.78 is 34.3. The average molecular weight is 1080 g/mol. The van der Waals surface area contributed by atoms with Crippen molar-refractivity contribution in [1.82, 2.24) is 9.55 Å². The van der Waals surface area contributed by atoms with Crippen molar-refractivity contribution >= 4 is 58.0 Å². The summed E-state index contributed by atoms with van der Waals surface area (Å²) in [6, 6.07) is 28.9. The molecule has 6 heterocycles. The zero-order chi connectivity index (χ0) is 54.1. The number of carbonyl (C=O) groups excluding carboxylic acids is 1. The number of aliphatic imine (C=N–C) groups is 2. The molecule has 75 heavy (non-hydrogen) atoms. The van der Waals surface area contributed by atoms with E-state index in [0.29, 0.717) is 5.56 Å². The van der Waals surface area contributed by atoms with Crippen molar-refractivity contribution in [2.24, 2.45) is 9.98 Å². The number of rotatable bonds is 11. The van der Waals surface area contributed by atoms with Crippen molar-refractivity contribution < 1.29 is 47.6 Å². The monoisotopic (exact) mass is 1080 g/mol. The van der Waals surface area contributed by atoms with Gasteiger partial charge in [0, 0.05) is 50.5 Å². The Kier molecular flexibility index (Phi) is 19.5. The van der Waals surface area contributed by atoms with Crippen LogP contribution in [-0.4, -0.2) is 112 Å². The summed E-state index contributed by atoms with van der Waals surface area (Å²) in [5.41, 5.74) is -0.594. The number of aromatic nitrogens is 2.